The number of carbonyl (C=O) groups excluding carboxylic acids is 2. The summed E-state index contributed by atoms with van der Waals surface area (Å²) in [5, 5.41) is 2.73. The summed E-state index contributed by atoms with van der Waals surface area (Å²) in [6, 6.07) is 5.78. The molecule has 1 N–H and O–H groups in total. The SMILES string of the molecule is Cc1cc(C)cc(NC(=O)COC(=O)CC(C)(C)C)c1. The minimum Gasteiger partial charge on any atom is -0.456 e. The van der Waals surface area contributed by atoms with Gasteiger partial charge in [0.25, 0.3) is 5.91 Å². The molecule has 0 aliphatic rings. The molecule has 4 nitrogen and oxygen atoms in total. The molecule has 0 aliphatic carbocycles. The highest BCUT2D eigenvalue weighted by atomic mass is 16.5. The number of hydrogen-bond acceptors (Lipinski definition) is 3. The van der Waals surface area contributed by atoms with Crippen molar-refractivity contribution in [3.63, 3.8) is 0 Å². The molecular formula is C16H23NO3. The van der Waals surface area contributed by atoms with Crippen LogP contribution < -0.4 is 5.32 Å². The standard InChI is InChI=1S/C16H23NO3/c1-11-6-12(2)8-13(7-11)17-14(18)10-20-15(19)9-16(3,4)5/h6-8H,9-10H2,1-5H3,(H,17,18). The predicted molar refractivity (Wildman–Crippen MR) is 79.6 cm³/mol. The molecule has 0 unspecified atom stereocenters. The molecule has 0 radical (unpaired) electrons. The minimum absolute atomic E-state index is 0.138. The number of ether oxygens (including phenoxy) is 1. The van der Waals surface area contributed by atoms with Crippen LogP contribution >= 0.6 is 0 Å². The number of anilines is 1. The Labute approximate surface area is 120 Å². The third kappa shape index (κ3) is 6.36. The summed E-state index contributed by atoms with van der Waals surface area (Å²) in [5.74, 6) is -0.676. The fraction of sp³-hybridized carbons (Fsp3) is 0.500. The van der Waals surface area contributed by atoms with E-state index in [2.05, 4.69) is 5.32 Å². The molecular weight excluding hydrogens is 254 g/mol. The topological polar surface area (TPSA) is 55.4 Å². The first-order valence-electron chi connectivity index (χ1n) is 6.69. The Hall–Kier alpha value is -1.84. The molecule has 0 spiro atoms. The molecule has 1 rings (SSSR count). The van der Waals surface area contributed by atoms with Gasteiger partial charge in [-0.15, -0.1) is 0 Å². The second-order valence-electron chi connectivity index (χ2n) is 6.32. The van der Waals surface area contributed by atoms with Crippen molar-refractivity contribution < 1.29 is 14.3 Å². The van der Waals surface area contributed by atoms with E-state index in [9.17, 15) is 9.59 Å². The van der Waals surface area contributed by atoms with Gasteiger partial charge in [-0.05, 0) is 42.5 Å². The van der Waals surface area contributed by atoms with Gasteiger partial charge in [0, 0.05) is 5.69 Å². The Morgan fingerprint density at radius 2 is 1.65 bits per heavy atom. The number of nitrogens with one attached hydrogen (secondary N) is 1. The number of rotatable bonds is 4. The molecule has 0 heterocycles. The van der Waals surface area contributed by atoms with Crippen LogP contribution in [0.3, 0.4) is 0 Å². The van der Waals surface area contributed by atoms with Crippen LogP contribution in [0.5, 0.6) is 0 Å². The maximum absolute atomic E-state index is 11.7. The summed E-state index contributed by atoms with van der Waals surface area (Å²) in [6.45, 7) is 9.53. The molecule has 0 aliphatic heterocycles. The van der Waals surface area contributed by atoms with Gasteiger partial charge in [0.1, 0.15) is 0 Å². The van der Waals surface area contributed by atoms with E-state index in [0.717, 1.165) is 16.8 Å². The lowest BCUT2D eigenvalue weighted by atomic mass is 9.92. The molecule has 110 valence electrons. The van der Waals surface area contributed by atoms with Crippen molar-refractivity contribution in [1.29, 1.82) is 0 Å². The lowest BCUT2D eigenvalue weighted by molar-refractivity contribution is -0.149. The Bertz CT molecular complexity index is 481. The van der Waals surface area contributed by atoms with Crippen LogP contribution in [-0.4, -0.2) is 18.5 Å². The smallest absolute Gasteiger partial charge is 0.306 e. The van der Waals surface area contributed by atoms with Gasteiger partial charge in [0.15, 0.2) is 6.61 Å². The third-order valence-corrected chi connectivity index (χ3v) is 2.54. The number of hydrogen-bond donors (Lipinski definition) is 1. The predicted octanol–water partition coefficient (Wildman–Crippen LogP) is 3.22. The van der Waals surface area contributed by atoms with E-state index < -0.39 is 0 Å². The molecule has 0 bridgehead atoms. The van der Waals surface area contributed by atoms with Crippen molar-refractivity contribution >= 4 is 17.6 Å². The van der Waals surface area contributed by atoms with Gasteiger partial charge in [-0.3, -0.25) is 9.59 Å². The van der Waals surface area contributed by atoms with E-state index in [4.69, 9.17) is 4.74 Å². The molecule has 0 saturated carbocycles. The molecule has 20 heavy (non-hydrogen) atoms. The summed E-state index contributed by atoms with van der Waals surface area (Å²) in [6.07, 6.45) is 0.295. The van der Waals surface area contributed by atoms with Crippen molar-refractivity contribution in [1.82, 2.24) is 0 Å². The summed E-state index contributed by atoms with van der Waals surface area (Å²) in [4.78, 5) is 23.2. The normalized spacial score (nSPS) is 11.1. The number of amides is 1. The number of esters is 1. The van der Waals surface area contributed by atoms with Gasteiger partial charge >= 0.3 is 5.97 Å². The van der Waals surface area contributed by atoms with Crippen LogP contribution in [0.15, 0.2) is 18.2 Å². The van der Waals surface area contributed by atoms with E-state index in [-0.39, 0.29) is 23.9 Å². The highest BCUT2D eigenvalue weighted by Gasteiger charge is 2.17. The molecule has 0 saturated heterocycles. The van der Waals surface area contributed by atoms with Crippen LogP contribution in [0.4, 0.5) is 5.69 Å². The monoisotopic (exact) mass is 277 g/mol. The summed E-state index contributed by atoms with van der Waals surface area (Å²) in [7, 11) is 0. The van der Waals surface area contributed by atoms with E-state index >= 15 is 0 Å². The zero-order valence-electron chi connectivity index (χ0n) is 12.9. The van der Waals surface area contributed by atoms with Crippen molar-refractivity contribution in [2.24, 2.45) is 5.41 Å². The summed E-state index contributed by atoms with van der Waals surface area (Å²) in [5.41, 5.74) is 2.73. The molecule has 1 amide bonds. The van der Waals surface area contributed by atoms with E-state index in [1.54, 1.807) is 0 Å². The van der Waals surface area contributed by atoms with E-state index in [1.165, 1.54) is 0 Å². The average molecular weight is 277 g/mol. The van der Waals surface area contributed by atoms with E-state index in [1.807, 2.05) is 52.8 Å². The molecule has 0 atom stereocenters. The Balaban J connectivity index is 2.46. The Kier molecular flexibility index (Phi) is 5.31. The lowest BCUT2D eigenvalue weighted by Crippen LogP contribution is -2.23. The van der Waals surface area contributed by atoms with Crippen LogP contribution in [0.25, 0.3) is 0 Å². The Morgan fingerprint density at radius 1 is 1.10 bits per heavy atom. The lowest BCUT2D eigenvalue weighted by Gasteiger charge is -2.16. The van der Waals surface area contributed by atoms with Gasteiger partial charge < -0.3 is 10.1 Å². The fourth-order valence-corrected chi connectivity index (χ4v) is 1.87. The summed E-state index contributed by atoms with van der Waals surface area (Å²) >= 11 is 0. The van der Waals surface area contributed by atoms with Crippen LogP contribution in [0, 0.1) is 19.3 Å². The molecule has 1 aromatic carbocycles. The van der Waals surface area contributed by atoms with Gasteiger partial charge in [-0.25, -0.2) is 0 Å². The maximum atomic E-state index is 11.7. The van der Waals surface area contributed by atoms with Crippen LogP contribution in [0.2, 0.25) is 0 Å². The van der Waals surface area contributed by atoms with Crippen molar-refractivity contribution in [2.45, 2.75) is 41.0 Å². The second-order valence-corrected chi connectivity index (χ2v) is 6.32. The van der Waals surface area contributed by atoms with Crippen LogP contribution in [0.1, 0.15) is 38.3 Å². The van der Waals surface area contributed by atoms with Crippen LogP contribution in [-0.2, 0) is 14.3 Å². The molecule has 4 heteroatoms. The second kappa shape index (κ2) is 6.55. The number of carbonyl (C=O) groups is 2. The van der Waals surface area contributed by atoms with E-state index in [0.29, 0.717) is 6.42 Å². The first-order chi connectivity index (χ1) is 9.15. The minimum atomic E-state index is -0.354. The maximum Gasteiger partial charge on any atom is 0.306 e. The van der Waals surface area contributed by atoms with Crippen molar-refractivity contribution in [3.05, 3.63) is 29.3 Å². The molecule has 0 fully saturated rings. The van der Waals surface area contributed by atoms with Gasteiger partial charge in [0.2, 0.25) is 0 Å². The highest BCUT2D eigenvalue weighted by Crippen LogP contribution is 2.19. The quantitative estimate of drug-likeness (QED) is 0.860. The zero-order valence-corrected chi connectivity index (χ0v) is 12.9. The highest BCUT2D eigenvalue weighted by molar-refractivity contribution is 5.92. The largest absolute Gasteiger partial charge is 0.456 e. The Morgan fingerprint density at radius 3 is 2.15 bits per heavy atom. The molecule has 0 aromatic heterocycles. The van der Waals surface area contributed by atoms with Crippen molar-refractivity contribution in [3.8, 4) is 0 Å². The first-order valence-corrected chi connectivity index (χ1v) is 6.69. The molecule has 1 aromatic rings. The van der Waals surface area contributed by atoms with Crippen molar-refractivity contribution in [2.75, 3.05) is 11.9 Å². The van der Waals surface area contributed by atoms with Gasteiger partial charge in [-0.2, -0.15) is 0 Å². The van der Waals surface area contributed by atoms with Gasteiger partial charge in [0.05, 0.1) is 6.42 Å². The number of benzene rings is 1. The average Bonchev–Trinajstić information content (AvgIpc) is 2.22. The van der Waals surface area contributed by atoms with Gasteiger partial charge in [-0.1, -0.05) is 26.8 Å². The zero-order chi connectivity index (χ0) is 15.3. The fourth-order valence-electron chi connectivity index (χ4n) is 1.87. The first kappa shape index (κ1) is 16.2. The third-order valence-electron chi connectivity index (χ3n) is 2.54. The summed E-state index contributed by atoms with van der Waals surface area (Å²) < 4.78 is 4.96. The number of aryl methyl sites for hydroxylation is 2.